The summed E-state index contributed by atoms with van der Waals surface area (Å²) in [5.74, 6) is 0. The van der Waals surface area contributed by atoms with Gasteiger partial charge in [-0.2, -0.15) is 5.10 Å². The zero-order valence-corrected chi connectivity index (χ0v) is 8.29. The summed E-state index contributed by atoms with van der Waals surface area (Å²) in [6, 6.07) is 0. The maximum atomic E-state index is 4.97. The molecule has 5 heteroatoms. The molecule has 0 unspecified atom stereocenters. The van der Waals surface area contributed by atoms with Crippen LogP contribution in [-0.4, -0.2) is 21.0 Å². The van der Waals surface area contributed by atoms with Crippen molar-refractivity contribution in [2.24, 2.45) is 7.05 Å². The van der Waals surface area contributed by atoms with Crippen molar-refractivity contribution in [2.45, 2.75) is 12.1 Å². The first kappa shape index (κ1) is 8.67. The number of hydrogen-bond donors (Lipinski definition) is 0. The Labute approximate surface area is 74.8 Å². The number of nitrogens with zero attached hydrogens (tertiary/aromatic N) is 3. The summed E-state index contributed by atoms with van der Waals surface area (Å²) in [6.45, 7) is 1.86. The molecule has 0 aliphatic heterocycles. The van der Waals surface area contributed by atoms with Crippen LogP contribution in [0.4, 0.5) is 0 Å². The van der Waals surface area contributed by atoms with E-state index in [-0.39, 0.29) is 0 Å². The molecular formula is C6H9N3S2. The van der Waals surface area contributed by atoms with Crippen molar-refractivity contribution in [3.05, 3.63) is 10.3 Å². The van der Waals surface area contributed by atoms with Gasteiger partial charge < -0.3 is 0 Å². The fraction of sp³-hybridized carbons (Fsp3) is 0.500. The van der Waals surface area contributed by atoms with Gasteiger partial charge in [-0.25, -0.2) is 9.67 Å². The van der Waals surface area contributed by atoms with Crippen molar-refractivity contribution < 1.29 is 0 Å². The first-order valence-corrected chi connectivity index (χ1v) is 4.74. The predicted molar refractivity (Wildman–Crippen MR) is 48.4 cm³/mol. The van der Waals surface area contributed by atoms with Gasteiger partial charge in [-0.3, -0.25) is 0 Å². The fourth-order valence-corrected chi connectivity index (χ4v) is 1.40. The highest BCUT2D eigenvalue weighted by molar-refractivity contribution is 7.98. The summed E-state index contributed by atoms with van der Waals surface area (Å²) in [7, 11) is 1.86. The molecule has 1 rings (SSSR count). The molecule has 0 radical (unpaired) electrons. The number of thioether (sulfide) groups is 1. The molecule has 0 fully saturated rings. The van der Waals surface area contributed by atoms with E-state index in [0.717, 1.165) is 10.9 Å². The molecule has 0 aromatic carbocycles. The zero-order chi connectivity index (χ0) is 8.43. The Bertz CT molecular complexity index is 318. The monoisotopic (exact) mass is 187 g/mol. The van der Waals surface area contributed by atoms with Crippen LogP contribution in [0.2, 0.25) is 0 Å². The van der Waals surface area contributed by atoms with Crippen molar-refractivity contribution in [1.29, 1.82) is 0 Å². The molecule has 0 aliphatic rings. The van der Waals surface area contributed by atoms with Crippen LogP contribution in [-0.2, 0) is 7.05 Å². The summed E-state index contributed by atoms with van der Waals surface area (Å²) in [5, 5.41) is 5.02. The Balaban J connectivity index is 3.32. The molecule has 11 heavy (non-hydrogen) atoms. The van der Waals surface area contributed by atoms with Crippen molar-refractivity contribution in [3.63, 3.8) is 0 Å². The van der Waals surface area contributed by atoms with Crippen LogP contribution in [0.1, 0.15) is 5.69 Å². The van der Waals surface area contributed by atoms with E-state index >= 15 is 0 Å². The normalized spacial score (nSPS) is 10.1. The second-order valence-electron chi connectivity index (χ2n) is 2.11. The molecule has 0 amide bonds. The Morgan fingerprint density at radius 3 is 2.73 bits per heavy atom. The Hall–Kier alpha value is -0.420. The Kier molecular flexibility index (Phi) is 2.62. The van der Waals surface area contributed by atoms with E-state index in [2.05, 4.69) is 10.1 Å². The quantitative estimate of drug-likeness (QED) is 0.493. The minimum absolute atomic E-state index is 0.590. The van der Waals surface area contributed by atoms with Crippen LogP contribution in [0.5, 0.6) is 0 Å². The second-order valence-corrected chi connectivity index (χ2v) is 3.27. The van der Waals surface area contributed by atoms with E-state index in [1.54, 1.807) is 16.4 Å². The molecule has 0 spiro atoms. The van der Waals surface area contributed by atoms with Crippen LogP contribution in [0.3, 0.4) is 0 Å². The van der Waals surface area contributed by atoms with Gasteiger partial charge in [0.1, 0.15) is 0 Å². The minimum atomic E-state index is 0.590. The van der Waals surface area contributed by atoms with Crippen molar-refractivity contribution in [3.8, 4) is 0 Å². The van der Waals surface area contributed by atoms with Crippen LogP contribution in [0.25, 0.3) is 0 Å². The van der Waals surface area contributed by atoms with Crippen LogP contribution >= 0.6 is 24.0 Å². The summed E-state index contributed by atoms with van der Waals surface area (Å²) in [6.07, 6.45) is 1.95. The number of rotatable bonds is 1. The molecule has 1 aromatic heterocycles. The molecule has 0 atom stereocenters. The van der Waals surface area contributed by atoms with Gasteiger partial charge in [0, 0.05) is 7.05 Å². The van der Waals surface area contributed by atoms with Gasteiger partial charge >= 0.3 is 0 Å². The van der Waals surface area contributed by atoms with Crippen LogP contribution in [0.15, 0.2) is 5.16 Å². The van der Waals surface area contributed by atoms with Gasteiger partial charge in [-0.05, 0) is 13.2 Å². The van der Waals surface area contributed by atoms with Gasteiger partial charge in [0.15, 0.2) is 9.80 Å². The molecule has 0 saturated carbocycles. The third-order valence-corrected chi connectivity index (χ3v) is 2.37. The van der Waals surface area contributed by atoms with E-state index < -0.39 is 0 Å². The highest BCUT2D eigenvalue weighted by Crippen LogP contribution is 2.08. The van der Waals surface area contributed by atoms with Crippen molar-refractivity contribution >= 4 is 24.0 Å². The number of aryl methyl sites for hydroxylation is 2. The highest BCUT2D eigenvalue weighted by Gasteiger charge is 1.98. The Morgan fingerprint density at radius 2 is 2.18 bits per heavy atom. The molecule has 3 nitrogen and oxygen atoms in total. The highest BCUT2D eigenvalue weighted by atomic mass is 32.2. The molecule has 1 aromatic rings. The number of hydrogen-bond acceptors (Lipinski definition) is 4. The Morgan fingerprint density at radius 1 is 1.55 bits per heavy atom. The van der Waals surface area contributed by atoms with Crippen LogP contribution < -0.4 is 0 Å². The maximum absolute atomic E-state index is 4.97. The lowest BCUT2D eigenvalue weighted by molar-refractivity contribution is 0.604. The third kappa shape index (κ3) is 1.78. The smallest absolute Gasteiger partial charge is 0.185 e. The van der Waals surface area contributed by atoms with E-state index in [4.69, 9.17) is 12.2 Å². The van der Waals surface area contributed by atoms with E-state index in [1.165, 1.54) is 0 Å². The molecule has 0 aliphatic carbocycles. The second kappa shape index (κ2) is 3.32. The van der Waals surface area contributed by atoms with Crippen molar-refractivity contribution in [2.75, 3.05) is 6.26 Å². The van der Waals surface area contributed by atoms with Gasteiger partial charge in [0.2, 0.25) is 0 Å². The van der Waals surface area contributed by atoms with E-state index in [9.17, 15) is 0 Å². The molecular weight excluding hydrogens is 178 g/mol. The van der Waals surface area contributed by atoms with Gasteiger partial charge in [0.05, 0.1) is 5.69 Å². The molecule has 60 valence electrons. The molecule has 0 N–H and O–H groups in total. The summed E-state index contributed by atoms with van der Waals surface area (Å²) in [4.78, 5) is 4.17. The largest absolute Gasteiger partial charge is 0.245 e. The van der Waals surface area contributed by atoms with Crippen LogP contribution in [0, 0.1) is 11.6 Å². The molecule has 1 heterocycles. The standard InChI is InChI=1S/C6H9N3S2/c1-4-5(10)7-6(11-3)9(2)8-4/h1-3H3. The lowest BCUT2D eigenvalue weighted by Crippen LogP contribution is -2.05. The maximum Gasteiger partial charge on any atom is 0.185 e. The van der Waals surface area contributed by atoms with Gasteiger partial charge in [-0.15, -0.1) is 0 Å². The summed E-state index contributed by atoms with van der Waals surface area (Å²) >= 11 is 6.51. The first-order chi connectivity index (χ1) is 5.15. The molecule has 0 bridgehead atoms. The topological polar surface area (TPSA) is 30.7 Å². The molecule has 0 saturated heterocycles. The van der Waals surface area contributed by atoms with Gasteiger partial charge in [0.25, 0.3) is 0 Å². The minimum Gasteiger partial charge on any atom is -0.245 e. The lowest BCUT2D eigenvalue weighted by atomic mass is 10.5. The van der Waals surface area contributed by atoms with Gasteiger partial charge in [-0.1, -0.05) is 24.0 Å². The fourth-order valence-electron chi connectivity index (χ4n) is 0.728. The van der Waals surface area contributed by atoms with E-state index in [0.29, 0.717) is 4.64 Å². The first-order valence-electron chi connectivity index (χ1n) is 3.11. The predicted octanol–water partition coefficient (Wildman–Crippen LogP) is 1.57. The lowest BCUT2D eigenvalue weighted by Gasteiger charge is -2.03. The SMILES string of the molecule is CSc1nc(=S)c(C)nn1C. The number of aromatic nitrogens is 3. The average molecular weight is 187 g/mol. The zero-order valence-electron chi connectivity index (χ0n) is 6.66. The van der Waals surface area contributed by atoms with Crippen molar-refractivity contribution in [1.82, 2.24) is 14.8 Å². The average Bonchev–Trinajstić information content (AvgIpc) is 1.97. The third-order valence-electron chi connectivity index (χ3n) is 1.27. The summed E-state index contributed by atoms with van der Waals surface area (Å²) < 4.78 is 2.32. The summed E-state index contributed by atoms with van der Waals surface area (Å²) in [5.41, 5.74) is 0.806. The van der Waals surface area contributed by atoms with E-state index in [1.807, 2.05) is 20.2 Å².